The predicted molar refractivity (Wildman–Crippen MR) is 66.8 cm³/mol. The SMILES string of the molecule is COc1ccc(CNCCC2CC2)cc1C#N. The van der Waals surface area contributed by atoms with Gasteiger partial charge in [-0.2, -0.15) is 5.26 Å². The van der Waals surface area contributed by atoms with Gasteiger partial charge in [0.1, 0.15) is 11.8 Å². The Morgan fingerprint density at radius 3 is 2.94 bits per heavy atom. The Morgan fingerprint density at radius 2 is 2.29 bits per heavy atom. The van der Waals surface area contributed by atoms with Crippen LogP contribution in [0.1, 0.15) is 30.4 Å². The second-order valence-electron chi connectivity index (χ2n) is 4.56. The van der Waals surface area contributed by atoms with Gasteiger partial charge >= 0.3 is 0 Å². The first-order chi connectivity index (χ1) is 8.33. The van der Waals surface area contributed by atoms with Gasteiger partial charge in [0, 0.05) is 6.54 Å². The molecule has 1 aliphatic rings. The monoisotopic (exact) mass is 230 g/mol. The molecule has 1 aromatic rings. The zero-order chi connectivity index (χ0) is 12.1. The van der Waals surface area contributed by atoms with Gasteiger partial charge in [-0.15, -0.1) is 0 Å². The molecule has 1 saturated carbocycles. The summed E-state index contributed by atoms with van der Waals surface area (Å²) in [5.74, 6) is 1.61. The Bertz CT molecular complexity index is 419. The summed E-state index contributed by atoms with van der Waals surface area (Å²) in [6.45, 7) is 1.89. The van der Waals surface area contributed by atoms with Gasteiger partial charge in [-0.3, -0.25) is 0 Å². The van der Waals surface area contributed by atoms with Crippen LogP contribution in [0.25, 0.3) is 0 Å². The van der Waals surface area contributed by atoms with E-state index in [0.29, 0.717) is 11.3 Å². The van der Waals surface area contributed by atoms with E-state index in [0.717, 1.165) is 24.6 Å². The third-order valence-electron chi connectivity index (χ3n) is 3.14. The maximum Gasteiger partial charge on any atom is 0.136 e. The summed E-state index contributed by atoms with van der Waals surface area (Å²) >= 11 is 0. The molecule has 90 valence electrons. The number of hydrogen-bond donors (Lipinski definition) is 1. The first-order valence-electron chi connectivity index (χ1n) is 6.11. The number of nitriles is 1. The number of nitrogens with zero attached hydrogens (tertiary/aromatic N) is 1. The second kappa shape index (κ2) is 5.70. The molecular weight excluding hydrogens is 212 g/mol. The van der Waals surface area contributed by atoms with Crippen molar-refractivity contribution in [1.82, 2.24) is 5.32 Å². The highest BCUT2D eigenvalue weighted by Crippen LogP contribution is 2.31. The molecule has 1 aliphatic carbocycles. The topological polar surface area (TPSA) is 45.0 Å². The largest absolute Gasteiger partial charge is 0.495 e. The van der Waals surface area contributed by atoms with Crippen LogP contribution in [0.2, 0.25) is 0 Å². The smallest absolute Gasteiger partial charge is 0.136 e. The Labute approximate surface area is 102 Å². The van der Waals surface area contributed by atoms with E-state index in [9.17, 15) is 0 Å². The van der Waals surface area contributed by atoms with Gasteiger partial charge in [-0.1, -0.05) is 18.9 Å². The average Bonchev–Trinajstić information content (AvgIpc) is 3.18. The number of benzene rings is 1. The Balaban J connectivity index is 1.85. The molecule has 0 spiro atoms. The quantitative estimate of drug-likeness (QED) is 0.763. The molecule has 17 heavy (non-hydrogen) atoms. The van der Waals surface area contributed by atoms with Gasteiger partial charge in [0.2, 0.25) is 0 Å². The van der Waals surface area contributed by atoms with Crippen LogP contribution in [-0.4, -0.2) is 13.7 Å². The molecule has 0 bridgehead atoms. The maximum absolute atomic E-state index is 8.98. The molecule has 0 heterocycles. The zero-order valence-electron chi connectivity index (χ0n) is 10.2. The minimum Gasteiger partial charge on any atom is -0.495 e. The summed E-state index contributed by atoms with van der Waals surface area (Å²) < 4.78 is 5.11. The number of hydrogen-bond acceptors (Lipinski definition) is 3. The van der Waals surface area contributed by atoms with Crippen LogP contribution in [0.3, 0.4) is 0 Å². The molecule has 3 nitrogen and oxygen atoms in total. The van der Waals surface area contributed by atoms with Crippen LogP contribution in [0, 0.1) is 17.2 Å². The van der Waals surface area contributed by atoms with Crippen molar-refractivity contribution >= 4 is 0 Å². The van der Waals surface area contributed by atoms with Crippen molar-refractivity contribution in [2.75, 3.05) is 13.7 Å². The van der Waals surface area contributed by atoms with Crippen molar-refractivity contribution in [2.45, 2.75) is 25.8 Å². The molecule has 1 aromatic carbocycles. The lowest BCUT2D eigenvalue weighted by molar-refractivity contribution is 0.413. The van der Waals surface area contributed by atoms with Gasteiger partial charge in [0.25, 0.3) is 0 Å². The van der Waals surface area contributed by atoms with Crippen LogP contribution in [0.15, 0.2) is 18.2 Å². The van der Waals surface area contributed by atoms with Crippen LogP contribution in [0.4, 0.5) is 0 Å². The lowest BCUT2D eigenvalue weighted by Gasteiger charge is -2.07. The molecule has 1 N–H and O–H groups in total. The summed E-state index contributed by atoms with van der Waals surface area (Å²) in [6, 6.07) is 7.91. The Hall–Kier alpha value is -1.53. The van der Waals surface area contributed by atoms with E-state index in [1.807, 2.05) is 18.2 Å². The van der Waals surface area contributed by atoms with E-state index < -0.39 is 0 Å². The molecule has 1 fully saturated rings. The number of nitrogens with one attached hydrogen (secondary N) is 1. The molecule has 0 aromatic heterocycles. The highest BCUT2D eigenvalue weighted by Gasteiger charge is 2.19. The standard InChI is InChI=1S/C14H18N2O/c1-17-14-5-4-12(8-13(14)9-15)10-16-7-6-11-2-3-11/h4-5,8,11,16H,2-3,6-7,10H2,1H3. The lowest BCUT2D eigenvalue weighted by atomic mass is 10.1. The van der Waals surface area contributed by atoms with Crippen LogP contribution < -0.4 is 10.1 Å². The molecule has 0 unspecified atom stereocenters. The summed E-state index contributed by atoms with van der Waals surface area (Å²) in [5.41, 5.74) is 1.74. The molecule has 0 aliphatic heterocycles. The van der Waals surface area contributed by atoms with Crippen LogP contribution in [0.5, 0.6) is 5.75 Å². The summed E-state index contributed by atoms with van der Waals surface area (Å²) in [4.78, 5) is 0. The molecule has 0 saturated heterocycles. The van der Waals surface area contributed by atoms with Gasteiger partial charge in [0.05, 0.1) is 12.7 Å². The maximum atomic E-state index is 8.98. The molecule has 0 atom stereocenters. The average molecular weight is 230 g/mol. The lowest BCUT2D eigenvalue weighted by Crippen LogP contribution is -2.15. The highest BCUT2D eigenvalue weighted by molar-refractivity contribution is 5.45. The number of methoxy groups -OCH3 is 1. The van der Waals surface area contributed by atoms with Crippen molar-refractivity contribution in [3.05, 3.63) is 29.3 Å². The van der Waals surface area contributed by atoms with Crippen molar-refractivity contribution in [3.8, 4) is 11.8 Å². The number of rotatable bonds is 6. The summed E-state index contributed by atoms with van der Waals surface area (Å²) in [6.07, 6.45) is 4.09. The Kier molecular flexibility index (Phi) is 4.00. The first kappa shape index (κ1) is 11.9. The third kappa shape index (κ3) is 3.47. The summed E-state index contributed by atoms with van der Waals surface area (Å²) in [7, 11) is 1.59. The van der Waals surface area contributed by atoms with Gasteiger partial charge in [-0.25, -0.2) is 0 Å². The van der Waals surface area contributed by atoms with Gasteiger partial charge in [-0.05, 0) is 36.6 Å². The van der Waals surface area contributed by atoms with E-state index in [1.165, 1.54) is 19.3 Å². The van der Waals surface area contributed by atoms with E-state index >= 15 is 0 Å². The van der Waals surface area contributed by atoms with Gasteiger partial charge in [0.15, 0.2) is 0 Å². The molecule has 0 amide bonds. The van der Waals surface area contributed by atoms with E-state index in [2.05, 4.69) is 11.4 Å². The van der Waals surface area contributed by atoms with Crippen molar-refractivity contribution in [1.29, 1.82) is 5.26 Å². The van der Waals surface area contributed by atoms with E-state index in [-0.39, 0.29) is 0 Å². The first-order valence-corrected chi connectivity index (χ1v) is 6.11. The molecule has 0 radical (unpaired) electrons. The highest BCUT2D eigenvalue weighted by atomic mass is 16.5. The molecule has 3 heteroatoms. The predicted octanol–water partition coefficient (Wildman–Crippen LogP) is 2.46. The summed E-state index contributed by atoms with van der Waals surface area (Å²) in [5, 5.41) is 12.4. The van der Waals surface area contributed by atoms with Crippen molar-refractivity contribution in [3.63, 3.8) is 0 Å². The second-order valence-corrected chi connectivity index (χ2v) is 4.56. The van der Waals surface area contributed by atoms with Crippen molar-refractivity contribution in [2.24, 2.45) is 5.92 Å². The molecule has 2 rings (SSSR count). The minimum atomic E-state index is 0.606. The fourth-order valence-electron chi connectivity index (χ4n) is 1.90. The zero-order valence-corrected chi connectivity index (χ0v) is 10.2. The third-order valence-corrected chi connectivity index (χ3v) is 3.14. The molecular formula is C14H18N2O. The fraction of sp³-hybridized carbons (Fsp3) is 0.500. The number of ether oxygens (including phenoxy) is 1. The normalized spacial score (nSPS) is 14.4. The van der Waals surface area contributed by atoms with E-state index in [4.69, 9.17) is 10.00 Å². The Morgan fingerprint density at radius 1 is 1.47 bits per heavy atom. The van der Waals surface area contributed by atoms with Crippen molar-refractivity contribution < 1.29 is 4.74 Å². The van der Waals surface area contributed by atoms with Crippen LogP contribution >= 0.6 is 0 Å². The fourth-order valence-corrected chi connectivity index (χ4v) is 1.90. The minimum absolute atomic E-state index is 0.606. The van der Waals surface area contributed by atoms with Crippen LogP contribution in [-0.2, 0) is 6.54 Å². The van der Waals surface area contributed by atoms with E-state index in [1.54, 1.807) is 7.11 Å². The van der Waals surface area contributed by atoms with Gasteiger partial charge < -0.3 is 10.1 Å².